The van der Waals surface area contributed by atoms with Crippen LogP contribution in [0, 0.1) is 10.1 Å². The zero-order valence-corrected chi connectivity index (χ0v) is 12.5. The Balaban J connectivity index is 2.67. The van der Waals surface area contributed by atoms with Gasteiger partial charge in [0.25, 0.3) is 5.69 Å². The summed E-state index contributed by atoms with van der Waals surface area (Å²) in [6.45, 7) is 4.46. The molecule has 1 aromatic rings. The predicted octanol–water partition coefficient (Wildman–Crippen LogP) is 1.48. The number of aliphatic hydroxyl groups excluding tert-OH is 1. The van der Waals surface area contributed by atoms with Crippen LogP contribution in [0.3, 0.4) is 0 Å². The van der Waals surface area contributed by atoms with Crippen LogP contribution in [0.1, 0.15) is 19.4 Å². The summed E-state index contributed by atoms with van der Waals surface area (Å²) in [4.78, 5) is 10.3. The van der Waals surface area contributed by atoms with Gasteiger partial charge in [0, 0.05) is 24.2 Å². The van der Waals surface area contributed by atoms with Crippen molar-refractivity contribution in [2.24, 2.45) is 0 Å². The summed E-state index contributed by atoms with van der Waals surface area (Å²) in [6, 6.07) is 4.38. The molecule has 0 radical (unpaired) electrons. The summed E-state index contributed by atoms with van der Waals surface area (Å²) in [5.74, 6) is 0.513. The maximum absolute atomic E-state index is 10.8. The molecular formula is C14H22N2O5. The molecule has 0 aliphatic carbocycles. The lowest BCUT2D eigenvalue weighted by molar-refractivity contribution is -0.384. The molecule has 1 aromatic carbocycles. The van der Waals surface area contributed by atoms with Gasteiger partial charge in [0.1, 0.15) is 18.5 Å². The molecule has 0 heterocycles. The van der Waals surface area contributed by atoms with Gasteiger partial charge >= 0.3 is 0 Å². The molecule has 0 saturated heterocycles. The molecule has 1 unspecified atom stereocenters. The fraction of sp³-hybridized carbons (Fsp3) is 0.571. The quantitative estimate of drug-likeness (QED) is 0.530. The maximum Gasteiger partial charge on any atom is 0.270 e. The average Bonchev–Trinajstić information content (AvgIpc) is 2.43. The van der Waals surface area contributed by atoms with Gasteiger partial charge < -0.3 is 19.9 Å². The van der Waals surface area contributed by atoms with Crippen LogP contribution >= 0.6 is 0 Å². The van der Waals surface area contributed by atoms with Crippen LogP contribution in [0.25, 0.3) is 0 Å². The number of ether oxygens (including phenoxy) is 2. The van der Waals surface area contributed by atoms with Crippen molar-refractivity contribution in [2.45, 2.75) is 32.6 Å². The van der Waals surface area contributed by atoms with Crippen molar-refractivity contribution in [3.8, 4) is 5.75 Å². The SMILES string of the molecule is CNCc1cc([N+](=O)[O-])ccc1OCC(O)COC(C)C. The third-order valence-corrected chi connectivity index (χ3v) is 2.68. The molecule has 0 spiro atoms. The Labute approximate surface area is 124 Å². The van der Waals surface area contributed by atoms with Gasteiger partial charge in [-0.1, -0.05) is 0 Å². The van der Waals surface area contributed by atoms with Crippen LogP contribution in [0.2, 0.25) is 0 Å². The Morgan fingerprint density at radius 2 is 2.10 bits per heavy atom. The molecular weight excluding hydrogens is 276 g/mol. The highest BCUT2D eigenvalue weighted by atomic mass is 16.6. The molecule has 1 rings (SSSR count). The standard InChI is InChI=1S/C14H22N2O5/c1-10(2)20-8-13(17)9-21-14-5-4-12(16(18)19)6-11(14)7-15-3/h4-6,10,13,15,17H,7-9H2,1-3H3. The van der Waals surface area contributed by atoms with Crippen molar-refractivity contribution in [2.75, 3.05) is 20.3 Å². The third kappa shape index (κ3) is 6.07. The van der Waals surface area contributed by atoms with E-state index in [1.807, 2.05) is 13.8 Å². The Morgan fingerprint density at radius 3 is 2.67 bits per heavy atom. The van der Waals surface area contributed by atoms with E-state index >= 15 is 0 Å². The van der Waals surface area contributed by atoms with Crippen molar-refractivity contribution >= 4 is 5.69 Å². The Kier molecular flexibility index (Phi) is 7.07. The maximum atomic E-state index is 10.8. The third-order valence-electron chi connectivity index (χ3n) is 2.68. The number of non-ortho nitro benzene ring substituents is 1. The van der Waals surface area contributed by atoms with Crippen LogP contribution in [0.4, 0.5) is 5.69 Å². The molecule has 1 atom stereocenters. The minimum Gasteiger partial charge on any atom is -0.490 e. The highest BCUT2D eigenvalue weighted by molar-refractivity contribution is 5.43. The zero-order valence-electron chi connectivity index (χ0n) is 12.5. The lowest BCUT2D eigenvalue weighted by atomic mass is 10.1. The normalized spacial score (nSPS) is 12.4. The second-order valence-electron chi connectivity index (χ2n) is 4.93. The van der Waals surface area contributed by atoms with Crippen LogP contribution in [-0.4, -0.2) is 42.5 Å². The Hall–Kier alpha value is -1.70. The number of nitrogens with one attached hydrogen (secondary N) is 1. The molecule has 7 heteroatoms. The van der Waals surface area contributed by atoms with E-state index in [2.05, 4.69) is 5.32 Å². The monoisotopic (exact) mass is 298 g/mol. The minimum absolute atomic E-state index is 0.0105. The summed E-state index contributed by atoms with van der Waals surface area (Å²) in [7, 11) is 1.74. The number of benzene rings is 1. The number of hydrogen-bond donors (Lipinski definition) is 2. The van der Waals surface area contributed by atoms with Gasteiger partial charge in [-0.2, -0.15) is 0 Å². The van der Waals surface area contributed by atoms with Crippen molar-refractivity contribution in [3.63, 3.8) is 0 Å². The van der Waals surface area contributed by atoms with E-state index in [1.54, 1.807) is 13.1 Å². The zero-order chi connectivity index (χ0) is 15.8. The lowest BCUT2D eigenvalue weighted by Crippen LogP contribution is -2.25. The molecule has 21 heavy (non-hydrogen) atoms. The van der Waals surface area contributed by atoms with E-state index in [9.17, 15) is 15.2 Å². The first-order valence-electron chi connectivity index (χ1n) is 6.78. The summed E-state index contributed by atoms with van der Waals surface area (Å²) in [5, 5.41) is 23.4. The fourth-order valence-electron chi connectivity index (χ4n) is 1.69. The van der Waals surface area contributed by atoms with Gasteiger partial charge in [0.2, 0.25) is 0 Å². The summed E-state index contributed by atoms with van der Waals surface area (Å²) < 4.78 is 10.8. The molecule has 118 valence electrons. The van der Waals surface area contributed by atoms with Gasteiger partial charge in [-0.15, -0.1) is 0 Å². The first-order valence-corrected chi connectivity index (χ1v) is 6.78. The Morgan fingerprint density at radius 1 is 1.38 bits per heavy atom. The van der Waals surface area contributed by atoms with E-state index in [-0.39, 0.29) is 25.0 Å². The molecule has 0 aliphatic rings. The lowest BCUT2D eigenvalue weighted by Gasteiger charge is -2.16. The highest BCUT2D eigenvalue weighted by Crippen LogP contribution is 2.24. The number of nitrogens with zero attached hydrogens (tertiary/aromatic N) is 1. The fourth-order valence-corrected chi connectivity index (χ4v) is 1.69. The smallest absolute Gasteiger partial charge is 0.270 e. The first-order chi connectivity index (χ1) is 9.93. The van der Waals surface area contributed by atoms with Crippen molar-refractivity contribution < 1.29 is 19.5 Å². The van der Waals surface area contributed by atoms with Gasteiger partial charge in [-0.25, -0.2) is 0 Å². The van der Waals surface area contributed by atoms with Gasteiger partial charge in [0.05, 0.1) is 17.6 Å². The van der Waals surface area contributed by atoms with E-state index < -0.39 is 11.0 Å². The minimum atomic E-state index is -0.745. The number of nitro groups is 1. The second kappa shape index (κ2) is 8.56. The second-order valence-corrected chi connectivity index (χ2v) is 4.93. The molecule has 0 aliphatic heterocycles. The van der Waals surface area contributed by atoms with Crippen molar-refractivity contribution in [3.05, 3.63) is 33.9 Å². The van der Waals surface area contributed by atoms with Gasteiger partial charge in [-0.3, -0.25) is 10.1 Å². The first kappa shape index (κ1) is 17.4. The topological polar surface area (TPSA) is 93.9 Å². The molecule has 2 N–H and O–H groups in total. The van der Waals surface area contributed by atoms with Crippen LogP contribution in [-0.2, 0) is 11.3 Å². The number of rotatable bonds is 9. The summed E-state index contributed by atoms with van der Waals surface area (Å²) >= 11 is 0. The molecule has 0 aromatic heterocycles. The van der Waals surface area contributed by atoms with Crippen LogP contribution in [0.5, 0.6) is 5.75 Å². The number of nitro benzene ring substituents is 1. The van der Waals surface area contributed by atoms with Crippen molar-refractivity contribution in [1.29, 1.82) is 0 Å². The molecule has 0 amide bonds. The van der Waals surface area contributed by atoms with Crippen molar-refractivity contribution in [1.82, 2.24) is 5.32 Å². The van der Waals surface area contributed by atoms with E-state index in [0.717, 1.165) is 0 Å². The van der Waals surface area contributed by atoms with E-state index in [4.69, 9.17) is 9.47 Å². The van der Waals surface area contributed by atoms with Gasteiger partial charge in [0.15, 0.2) is 0 Å². The molecule has 7 nitrogen and oxygen atoms in total. The number of aliphatic hydroxyl groups is 1. The molecule has 0 bridgehead atoms. The predicted molar refractivity (Wildman–Crippen MR) is 78.4 cm³/mol. The van der Waals surface area contributed by atoms with Crippen LogP contribution in [0.15, 0.2) is 18.2 Å². The average molecular weight is 298 g/mol. The summed E-state index contributed by atoms with van der Waals surface area (Å²) in [6.07, 6.45) is -0.705. The van der Waals surface area contributed by atoms with E-state index in [1.165, 1.54) is 12.1 Å². The highest BCUT2D eigenvalue weighted by Gasteiger charge is 2.13. The number of hydrogen-bond acceptors (Lipinski definition) is 6. The largest absolute Gasteiger partial charge is 0.490 e. The molecule has 0 saturated carbocycles. The van der Waals surface area contributed by atoms with Gasteiger partial charge in [-0.05, 0) is 27.0 Å². The molecule has 0 fully saturated rings. The summed E-state index contributed by atoms with van der Waals surface area (Å²) in [5.41, 5.74) is 0.681. The van der Waals surface area contributed by atoms with Crippen LogP contribution < -0.4 is 10.1 Å². The van der Waals surface area contributed by atoms with E-state index in [0.29, 0.717) is 17.9 Å². The Bertz CT molecular complexity index is 465.